The lowest BCUT2D eigenvalue weighted by Crippen LogP contribution is -2.23. The SMILES string of the molecule is CCC1OCCC1C(=O)c1cn(C)c2ccccc12. The summed E-state index contributed by atoms with van der Waals surface area (Å²) in [6.07, 6.45) is 3.80. The Balaban J connectivity index is 2.02. The van der Waals surface area contributed by atoms with Crippen molar-refractivity contribution in [1.29, 1.82) is 0 Å². The van der Waals surface area contributed by atoms with Crippen LogP contribution in [0.3, 0.4) is 0 Å². The van der Waals surface area contributed by atoms with Gasteiger partial charge in [-0.15, -0.1) is 0 Å². The number of hydrogen-bond donors (Lipinski definition) is 0. The molecule has 2 heterocycles. The van der Waals surface area contributed by atoms with Gasteiger partial charge in [0.1, 0.15) is 0 Å². The summed E-state index contributed by atoms with van der Waals surface area (Å²) in [4.78, 5) is 12.8. The molecule has 3 rings (SSSR count). The molecular weight excluding hydrogens is 238 g/mol. The largest absolute Gasteiger partial charge is 0.377 e. The van der Waals surface area contributed by atoms with E-state index in [9.17, 15) is 4.79 Å². The smallest absolute Gasteiger partial charge is 0.170 e. The van der Waals surface area contributed by atoms with Crippen LogP contribution in [0.5, 0.6) is 0 Å². The van der Waals surface area contributed by atoms with Gasteiger partial charge in [0.25, 0.3) is 0 Å². The van der Waals surface area contributed by atoms with Crippen LogP contribution in [0.4, 0.5) is 0 Å². The van der Waals surface area contributed by atoms with Crippen molar-refractivity contribution in [1.82, 2.24) is 4.57 Å². The molecule has 19 heavy (non-hydrogen) atoms. The number of fused-ring (bicyclic) bond motifs is 1. The first-order chi connectivity index (χ1) is 9.22. The summed E-state index contributed by atoms with van der Waals surface area (Å²) in [5, 5.41) is 1.05. The second-order valence-electron chi connectivity index (χ2n) is 5.25. The molecule has 1 saturated heterocycles. The maximum atomic E-state index is 12.8. The van der Waals surface area contributed by atoms with Crippen molar-refractivity contribution in [2.24, 2.45) is 13.0 Å². The lowest BCUT2D eigenvalue weighted by Gasteiger charge is -2.14. The molecule has 2 atom stereocenters. The summed E-state index contributed by atoms with van der Waals surface area (Å²) in [7, 11) is 1.99. The van der Waals surface area contributed by atoms with Crippen LogP contribution in [0.1, 0.15) is 30.1 Å². The summed E-state index contributed by atoms with van der Waals surface area (Å²) >= 11 is 0. The van der Waals surface area contributed by atoms with Crippen molar-refractivity contribution in [2.75, 3.05) is 6.61 Å². The molecule has 2 aromatic rings. The lowest BCUT2D eigenvalue weighted by molar-refractivity contribution is 0.0690. The predicted molar refractivity (Wildman–Crippen MR) is 75.4 cm³/mol. The molecule has 1 aliphatic rings. The van der Waals surface area contributed by atoms with E-state index in [-0.39, 0.29) is 17.8 Å². The fourth-order valence-corrected chi connectivity index (χ4v) is 3.09. The van der Waals surface area contributed by atoms with Crippen molar-refractivity contribution in [3.05, 3.63) is 36.0 Å². The van der Waals surface area contributed by atoms with E-state index in [4.69, 9.17) is 4.74 Å². The quantitative estimate of drug-likeness (QED) is 0.791. The van der Waals surface area contributed by atoms with Crippen LogP contribution in [0.15, 0.2) is 30.5 Å². The number of nitrogens with zero attached hydrogens (tertiary/aromatic N) is 1. The van der Waals surface area contributed by atoms with Gasteiger partial charge in [0.15, 0.2) is 5.78 Å². The van der Waals surface area contributed by atoms with E-state index >= 15 is 0 Å². The van der Waals surface area contributed by atoms with Crippen LogP contribution in [0.25, 0.3) is 10.9 Å². The average molecular weight is 257 g/mol. The minimum atomic E-state index is 0.0239. The molecule has 0 bridgehead atoms. The Kier molecular flexibility index (Phi) is 3.15. The summed E-state index contributed by atoms with van der Waals surface area (Å²) in [5.41, 5.74) is 1.95. The Morgan fingerprint density at radius 2 is 2.21 bits per heavy atom. The molecule has 1 aliphatic heterocycles. The maximum Gasteiger partial charge on any atom is 0.170 e. The van der Waals surface area contributed by atoms with Crippen molar-refractivity contribution < 1.29 is 9.53 Å². The molecule has 3 nitrogen and oxygen atoms in total. The highest BCUT2D eigenvalue weighted by Gasteiger charge is 2.34. The van der Waals surface area contributed by atoms with Gasteiger partial charge in [0.2, 0.25) is 0 Å². The molecule has 1 aromatic heterocycles. The molecule has 3 heteroatoms. The predicted octanol–water partition coefficient (Wildman–Crippen LogP) is 3.18. The fourth-order valence-electron chi connectivity index (χ4n) is 3.09. The van der Waals surface area contributed by atoms with Gasteiger partial charge in [-0.25, -0.2) is 0 Å². The first-order valence-corrected chi connectivity index (χ1v) is 6.92. The zero-order chi connectivity index (χ0) is 13.4. The molecule has 100 valence electrons. The first kappa shape index (κ1) is 12.4. The van der Waals surface area contributed by atoms with Crippen molar-refractivity contribution in [3.63, 3.8) is 0 Å². The van der Waals surface area contributed by atoms with Gasteiger partial charge in [-0.05, 0) is 18.9 Å². The van der Waals surface area contributed by atoms with Crippen LogP contribution in [0, 0.1) is 5.92 Å². The van der Waals surface area contributed by atoms with E-state index in [1.807, 2.05) is 36.0 Å². The second kappa shape index (κ2) is 4.82. The Hall–Kier alpha value is -1.61. The molecule has 0 amide bonds. The molecular formula is C16H19NO2. The standard InChI is InChI=1S/C16H19NO2/c1-3-15-12(8-9-19-15)16(18)13-10-17(2)14-7-5-4-6-11(13)14/h4-7,10,12,15H,3,8-9H2,1-2H3. The highest BCUT2D eigenvalue weighted by molar-refractivity contribution is 6.09. The van der Waals surface area contributed by atoms with E-state index in [1.165, 1.54) is 0 Å². The zero-order valence-corrected chi connectivity index (χ0v) is 11.4. The molecule has 0 aliphatic carbocycles. The first-order valence-electron chi connectivity index (χ1n) is 6.92. The van der Waals surface area contributed by atoms with Crippen molar-refractivity contribution in [2.45, 2.75) is 25.9 Å². The number of rotatable bonds is 3. The molecule has 0 radical (unpaired) electrons. The number of aryl methyl sites for hydroxylation is 1. The maximum absolute atomic E-state index is 12.8. The molecule has 2 unspecified atom stereocenters. The number of hydrogen-bond acceptors (Lipinski definition) is 2. The van der Waals surface area contributed by atoms with Crippen LogP contribution >= 0.6 is 0 Å². The highest BCUT2D eigenvalue weighted by Crippen LogP contribution is 2.30. The van der Waals surface area contributed by atoms with Gasteiger partial charge in [0.05, 0.1) is 12.0 Å². The third-order valence-electron chi connectivity index (χ3n) is 4.11. The summed E-state index contributed by atoms with van der Waals surface area (Å²) in [5.74, 6) is 0.261. The zero-order valence-electron chi connectivity index (χ0n) is 11.4. The molecule has 0 saturated carbocycles. The van der Waals surface area contributed by atoms with E-state index in [0.717, 1.165) is 29.3 Å². The Bertz CT molecular complexity index is 614. The van der Waals surface area contributed by atoms with Gasteiger partial charge < -0.3 is 9.30 Å². The fraction of sp³-hybridized carbons (Fsp3) is 0.438. The monoisotopic (exact) mass is 257 g/mol. The third kappa shape index (κ3) is 1.98. The van der Waals surface area contributed by atoms with Crippen LogP contribution in [0.2, 0.25) is 0 Å². The van der Waals surface area contributed by atoms with Gasteiger partial charge in [0, 0.05) is 36.3 Å². The Morgan fingerprint density at radius 3 is 3.00 bits per heavy atom. The summed E-state index contributed by atoms with van der Waals surface area (Å²) in [6.45, 7) is 2.79. The van der Waals surface area contributed by atoms with Gasteiger partial charge in [-0.3, -0.25) is 4.79 Å². The van der Waals surface area contributed by atoms with Gasteiger partial charge in [-0.1, -0.05) is 25.1 Å². The second-order valence-corrected chi connectivity index (χ2v) is 5.25. The van der Waals surface area contributed by atoms with Crippen LogP contribution in [-0.4, -0.2) is 23.1 Å². The normalized spacial score (nSPS) is 23.1. The molecule has 1 fully saturated rings. The van der Waals surface area contributed by atoms with Crippen LogP contribution in [-0.2, 0) is 11.8 Å². The van der Waals surface area contributed by atoms with Gasteiger partial charge >= 0.3 is 0 Å². The number of ether oxygens (including phenoxy) is 1. The number of carbonyl (C=O) groups excluding carboxylic acids is 1. The number of carbonyl (C=O) groups is 1. The summed E-state index contributed by atoms with van der Waals surface area (Å²) in [6, 6.07) is 8.07. The van der Waals surface area contributed by atoms with E-state index in [0.29, 0.717) is 6.61 Å². The number of para-hydroxylation sites is 1. The summed E-state index contributed by atoms with van der Waals surface area (Å²) < 4.78 is 7.68. The lowest BCUT2D eigenvalue weighted by atomic mass is 9.90. The topological polar surface area (TPSA) is 31.2 Å². The number of aromatic nitrogens is 1. The van der Waals surface area contributed by atoms with Gasteiger partial charge in [-0.2, -0.15) is 0 Å². The molecule has 0 N–H and O–H groups in total. The minimum Gasteiger partial charge on any atom is -0.377 e. The third-order valence-corrected chi connectivity index (χ3v) is 4.11. The average Bonchev–Trinajstić information content (AvgIpc) is 3.03. The van der Waals surface area contributed by atoms with Crippen molar-refractivity contribution >= 4 is 16.7 Å². The number of Topliss-reactive ketones (excluding diaryl/α,β-unsaturated/α-hetero) is 1. The highest BCUT2D eigenvalue weighted by atomic mass is 16.5. The number of ketones is 1. The van der Waals surface area contributed by atoms with E-state index < -0.39 is 0 Å². The van der Waals surface area contributed by atoms with Crippen LogP contribution < -0.4 is 0 Å². The number of benzene rings is 1. The Morgan fingerprint density at radius 1 is 1.42 bits per heavy atom. The Labute approximate surface area is 113 Å². The molecule has 0 spiro atoms. The molecule has 1 aromatic carbocycles. The van der Waals surface area contributed by atoms with Crippen molar-refractivity contribution in [3.8, 4) is 0 Å². The van der Waals surface area contributed by atoms with E-state index in [2.05, 4.69) is 13.0 Å². The van der Waals surface area contributed by atoms with E-state index in [1.54, 1.807) is 0 Å². The minimum absolute atomic E-state index is 0.0239.